The van der Waals surface area contributed by atoms with Crippen LogP contribution in [0.1, 0.15) is 10.4 Å². The Morgan fingerprint density at radius 1 is 1.29 bits per heavy atom. The Kier molecular flexibility index (Phi) is 2.95. The van der Waals surface area contributed by atoms with Gasteiger partial charge in [-0.15, -0.1) is 10.2 Å². The SMILES string of the molecule is COc1nnc(-c2ccccn2)cc1C(=O)O. The predicted molar refractivity (Wildman–Crippen MR) is 58.8 cm³/mol. The van der Waals surface area contributed by atoms with Gasteiger partial charge in [-0.25, -0.2) is 4.79 Å². The van der Waals surface area contributed by atoms with E-state index in [0.29, 0.717) is 11.4 Å². The van der Waals surface area contributed by atoms with Crippen molar-refractivity contribution < 1.29 is 14.6 Å². The summed E-state index contributed by atoms with van der Waals surface area (Å²) in [6.45, 7) is 0. The molecular formula is C11H9N3O3. The average Bonchev–Trinajstić information content (AvgIpc) is 2.39. The van der Waals surface area contributed by atoms with Crippen molar-refractivity contribution in [2.45, 2.75) is 0 Å². The van der Waals surface area contributed by atoms with Crippen LogP contribution in [-0.4, -0.2) is 33.4 Å². The number of hydrogen-bond acceptors (Lipinski definition) is 5. The zero-order valence-corrected chi connectivity index (χ0v) is 8.99. The quantitative estimate of drug-likeness (QED) is 0.855. The van der Waals surface area contributed by atoms with Crippen molar-refractivity contribution in [2.24, 2.45) is 0 Å². The molecule has 0 aliphatic heterocycles. The zero-order chi connectivity index (χ0) is 12.3. The lowest BCUT2D eigenvalue weighted by atomic mass is 10.2. The Hall–Kier alpha value is -2.50. The van der Waals surface area contributed by atoms with Crippen LogP contribution >= 0.6 is 0 Å². The number of hydrogen-bond donors (Lipinski definition) is 1. The number of carbonyl (C=O) groups is 1. The number of ether oxygens (including phenoxy) is 1. The second-order valence-corrected chi connectivity index (χ2v) is 3.17. The molecule has 0 bridgehead atoms. The Balaban J connectivity index is 2.51. The van der Waals surface area contributed by atoms with Gasteiger partial charge in [0.2, 0.25) is 5.88 Å². The number of aromatic carboxylic acids is 1. The summed E-state index contributed by atoms with van der Waals surface area (Å²) >= 11 is 0. The summed E-state index contributed by atoms with van der Waals surface area (Å²) in [5.41, 5.74) is 0.914. The third-order valence-electron chi connectivity index (χ3n) is 2.11. The number of nitrogens with zero attached hydrogens (tertiary/aromatic N) is 3. The number of aromatic nitrogens is 3. The van der Waals surface area contributed by atoms with Crippen LogP contribution in [-0.2, 0) is 0 Å². The standard InChI is InChI=1S/C11H9N3O3/c1-17-10-7(11(15)16)6-9(13-14-10)8-4-2-3-5-12-8/h2-6H,1H3,(H,15,16). The fraction of sp³-hybridized carbons (Fsp3) is 0.0909. The van der Waals surface area contributed by atoms with Crippen LogP contribution in [0, 0.1) is 0 Å². The van der Waals surface area contributed by atoms with Gasteiger partial charge in [-0.3, -0.25) is 4.98 Å². The lowest BCUT2D eigenvalue weighted by molar-refractivity contribution is 0.0692. The van der Waals surface area contributed by atoms with Crippen LogP contribution in [0.15, 0.2) is 30.5 Å². The summed E-state index contributed by atoms with van der Waals surface area (Å²) in [5, 5.41) is 16.6. The largest absolute Gasteiger partial charge is 0.479 e. The predicted octanol–water partition coefficient (Wildman–Crippen LogP) is 1.25. The highest BCUT2D eigenvalue weighted by Gasteiger charge is 2.15. The summed E-state index contributed by atoms with van der Waals surface area (Å²) in [6, 6.07) is 6.66. The van der Waals surface area contributed by atoms with Crippen molar-refractivity contribution in [1.82, 2.24) is 15.2 Å². The summed E-state index contributed by atoms with van der Waals surface area (Å²) in [5.74, 6) is -1.13. The molecule has 17 heavy (non-hydrogen) atoms. The Morgan fingerprint density at radius 3 is 2.71 bits per heavy atom. The fourth-order valence-electron chi connectivity index (χ4n) is 1.32. The minimum absolute atomic E-state index is 0.0165. The molecule has 2 aromatic heterocycles. The van der Waals surface area contributed by atoms with E-state index in [1.165, 1.54) is 13.2 Å². The number of methoxy groups -OCH3 is 1. The van der Waals surface area contributed by atoms with Crippen molar-refractivity contribution in [2.75, 3.05) is 7.11 Å². The summed E-state index contributed by atoms with van der Waals surface area (Å²) < 4.78 is 4.82. The van der Waals surface area contributed by atoms with E-state index in [1.807, 2.05) is 0 Å². The molecule has 0 saturated carbocycles. The lowest BCUT2D eigenvalue weighted by Crippen LogP contribution is -2.05. The Morgan fingerprint density at radius 2 is 2.12 bits per heavy atom. The first-order valence-electron chi connectivity index (χ1n) is 4.79. The fourth-order valence-corrected chi connectivity index (χ4v) is 1.32. The molecule has 0 aliphatic carbocycles. The minimum atomic E-state index is -1.12. The van der Waals surface area contributed by atoms with E-state index in [2.05, 4.69) is 15.2 Å². The van der Waals surface area contributed by atoms with E-state index in [9.17, 15) is 4.79 Å². The number of carboxylic acids is 1. The maximum Gasteiger partial charge on any atom is 0.341 e. The van der Waals surface area contributed by atoms with Crippen LogP contribution in [0.25, 0.3) is 11.4 Å². The zero-order valence-electron chi connectivity index (χ0n) is 8.99. The molecule has 2 heterocycles. The normalized spacial score (nSPS) is 9.94. The first-order valence-corrected chi connectivity index (χ1v) is 4.79. The maximum absolute atomic E-state index is 11.0. The summed E-state index contributed by atoms with van der Waals surface area (Å²) in [4.78, 5) is 15.1. The van der Waals surface area contributed by atoms with E-state index in [-0.39, 0.29) is 11.4 Å². The van der Waals surface area contributed by atoms with Crippen molar-refractivity contribution in [3.8, 4) is 17.3 Å². The molecule has 0 spiro atoms. The van der Waals surface area contributed by atoms with E-state index >= 15 is 0 Å². The van der Waals surface area contributed by atoms with Gasteiger partial charge < -0.3 is 9.84 Å². The van der Waals surface area contributed by atoms with Crippen molar-refractivity contribution in [3.63, 3.8) is 0 Å². The monoisotopic (exact) mass is 231 g/mol. The third kappa shape index (κ3) is 2.20. The molecule has 2 aromatic rings. The van der Waals surface area contributed by atoms with Crippen LogP contribution in [0.2, 0.25) is 0 Å². The maximum atomic E-state index is 11.0. The number of rotatable bonds is 3. The van der Waals surface area contributed by atoms with Crippen molar-refractivity contribution in [1.29, 1.82) is 0 Å². The van der Waals surface area contributed by atoms with E-state index in [1.54, 1.807) is 24.4 Å². The van der Waals surface area contributed by atoms with Crippen molar-refractivity contribution >= 4 is 5.97 Å². The molecule has 0 unspecified atom stereocenters. The molecule has 1 N–H and O–H groups in total. The van der Waals surface area contributed by atoms with Gasteiger partial charge in [0.25, 0.3) is 0 Å². The van der Waals surface area contributed by atoms with Gasteiger partial charge in [-0.2, -0.15) is 0 Å². The Labute approximate surface area is 96.9 Å². The van der Waals surface area contributed by atoms with Crippen LogP contribution < -0.4 is 4.74 Å². The van der Waals surface area contributed by atoms with Crippen LogP contribution in [0.4, 0.5) is 0 Å². The molecule has 2 rings (SSSR count). The van der Waals surface area contributed by atoms with Gasteiger partial charge in [0.05, 0.1) is 12.8 Å². The summed E-state index contributed by atoms with van der Waals surface area (Å²) in [7, 11) is 1.34. The molecule has 0 aliphatic rings. The molecule has 0 aromatic carbocycles. The molecule has 0 fully saturated rings. The highest BCUT2D eigenvalue weighted by atomic mass is 16.5. The van der Waals surface area contributed by atoms with Crippen LogP contribution in [0.5, 0.6) is 5.88 Å². The van der Waals surface area contributed by atoms with Gasteiger partial charge in [-0.05, 0) is 18.2 Å². The molecular weight excluding hydrogens is 222 g/mol. The lowest BCUT2D eigenvalue weighted by Gasteiger charge is -2.04. The van der Waals surface area contributed by atoms with E-state index in [4.69, 9.17) is 9.84 Å². The summed E-state index contributed by atoms with van der Waals surface area (Å²) in [6.07, 6.45) is 1.60. The van der Waals surface area contributed by atoms with E-state index < -0.39 is 5.97 Å². The first kappa shape index (κ1) is 11.0. The number of pyridine rings is 1. The second-order valence-electron chi connectivity index (χ2n) is 3.17. The topological polar surface area (TPSA) is 85.2 Å². The molecule has 0 saturated heterocycles. The highest BCUT2D eigenvalue weighted by molar-refractivity contribution is 5.91. The molecule has 0 amide bonds. The number of carboxylic acid groups (broad SMARTS) is 1. The van der Waals surface area contributed by atoms with Gasteiger partial charge in [0.15, 0.2) is 0 Å². The average molecular weight is 231 g/mol. The van der Waals surface area contributed by atoms with Gasteiger partial charge in [0, 0.05) is 6.20 Å². The van der Waals surface area contributed by atoms with Crippen LogP contribution in [0.3, 0.4) is 0 Å². The van der Waals surface area contributed by atoms with Crippen molar-refractivity contribution in [3.05, 3.63) is 36.0 Å². The van der Waals surface area contributed by atoms with Gasteiger partial charge in [-0.1, -0.05) is 6.07 Å². The second kappa shape index (κ2) is 4.56. The highest BCUT2D eigenvalue weighted by Crippen LogP contribution is 2.20. The molecule has 86 valence electrons. The first-order chi connectivity index (χ1) is 8.22. The smallest absolute Gasteiger partial charge is 0.341 e. The van der Waals surface area contributed by atoms with Gasteiger partial charge >= 0.3 is 5.97 Å². The molecule has 0 radical (unpaired) electrons. The van der Waals surface area contributed by atoms with Gasteiger partial charge in [0.1, 0.15) is 11.3 Å². The molecule has 6 nitrogen and oxygen atoms in total. The molecule has 6 heteroatoms. The van der Waals surface area contributed by atoms with E-state index in [0.717, 1.165) is 0 Å². The third-order valence-corrected chi connectivity index (χ3v) is 2.11. The Bertz CT molecular complexity index is 543. The minimum Gasteiger partial charge on any atom is -0.479 e. The molecule has 0 atom stereocenters.